The van der Waals surface area contributed by atoms with Crippen molar-refractivity contribution in [3.8, 4) is 22.3 Å². The second-order valence-corrected chi connectivity index (χ2v) is 11.7. The summed E-state index contributed by atoms with van der Waals surface area (Å²) in [5, 5.41) is 5.51. The second kappa shape index (κ2) is 9.43. The topological polar surface area (TPSA) is 16.1 Å². The Hall–Kier alpha value is -5.21. The highest BCUT2D eigenvalue weighted by atomic mass is 15.1. The summed E-state index contributed by atoms with van der Waals surface area (Å²) < 4.78 is 0. The number of hydrogen-bond donors (Lipinski definition) is 0. The van der Waals surface area contributed by atoms with Crippen LogP contribution in [0.3, 0.4) is 0 Å². The van der Waals surface area contributed by atoms with E-state index in [2.05, 4.69) is 145 Å². The van der Waals surface area contributed by atoms with Crippen LogP contribution in [0.25, 0.3) is 43.8 Å². The van der Waals surface area contributed by atoms with Crippen LogP contribution in [0.5, 0.6) is 0 Å². The van der Waals surface area contributed by atoms with Crippen LogP contribution in [0.4, 0.5) is 17.1 Å². The van der Waals surface area contributed by atoms with Gasteiger partial charge in [0.1, 0.15) is 0 Å². The summed E-state index contributed by atoms with van der Waals surface area (Å²) in [6.07, 6.45) is 3.71. The first-order valence-corrected chi connectivity index (χ1v) is 14.5. The molecule has 1 heterocycles. The Balaban J connectivity index is 1.13. The molecule has 0 aliphatic heterocycles. The zero-order valence-electron chi connectivity index (χ0n) is 23.8. The predicted octanol–water partition coefficient (Wildman–Crippen LogP) is 10.8. The zero-order chi connectivity index (χ0) is 28.3. The summed E-state index contributed by atoms with van der Waals surface area (Å²) in [5.74, 6) is 0. The molecule has 0 N–H and O–H groups in total. The van der Waals surface area contributed by atoms with Crippen molar-refractivity contribution in [1.29, 1.82) is 0 Å². The maximum atomic E-state index is 4.36. The molecule has 0 spiro atoms. The molecule has 6 aromatic carbocycles. The van der Waals surface area contributed by atoms with E-state index in [-0.39, 0.29) is 5.41 Å². The van der Waals surface area contributed by atoms with Crippen molar-refractivity contribution in [2.75, 3.05) is 4.90 Å². The number of pyridine rings is 1. The molecule has 1 aliphatic rings. The first-order chi connectivity index (χ1) is 20.6. The highest BCUT2D eigenvalue weighted by molar-refractivity contribution is 6.15. The lowest BCUT2D eigenvalue weighted by Gasteiger charge is -2.25. The average Bonchev–Trinajstić information content (AvgIpc) is 3.28. The van der Waals surface area contributed by atoms with Crippen molar-refractivity contribution >= 4 is 38.6 Å². The summed E-state index contributed by atoms with van der Waals surface area (Å²) in [6.45, 7) is 4.72. The molecular formula is C40H30N2. The standard InChI is InChI=1S/C40H30N2/c1-40(2)36-12-6-8-30-17-18-31-24-32(25-37(40)39(31)38(30)36)29-15-13-27(14-16-29)28-19-21-34(22-20-28)42(33-9-4-3-5-10-33)35-11-7-23-41-26-35/h3-26H,1-2H3. The average molecular weight is 539 g/mol. The predicted molar refractivity (Wildman–Crippen MR) is 177 cm³/mol. The first-order valence-electron chi connectivity index (χ1n) is 14.5. The molecule has 0 saturated carbocycles. The van der Waals surface area contributed by atoms with Crippen LogP contribution in [0.1, 0.15) is 25.0 Å². The van der Waals surface area contributed by atoms with Gasteiger partial charge in [-0.2, -0.15) is 0 Å². The summed E-state index contributed by atoms with van der Waals surface area (Å²) >= 11 is 0. The molecule has 8 rings (SSSR count). The van der Waals surface area contributed by atoms with Crippen LogP contribution in [0.15, 0.2) is 146 Å². The van der Waals surface area contributed by atoms with Gasteiger partial charge in [0, 0.05) is 23.0 Å². The van der Waals surface area contributed by atoms with Crippen LogP contribution in [0, 0.1) is 0 Å². The second-order valence-electron chi connectivity index (χ2n) is 11.7. The van der Waals surface area contributed by atoms with Gasteiger partial charge in [-0.25, -0.2) is 0 Å². The van der Waals surface area contributed by atoms with Gasteiger partial charge in [-0.15, -0.1) is 0 Å². The minimum Gasteiger partial charge on any atom is -0.309 e. The van der Waals surface area contributed by atoms with E-state index < -0.39 is 0 Å². The third-order valence-corrected chi connectivity index (χ3v) is 8.90. The molecule has 200 valence electrons. The highest BCUT2D eigenvalue weighted by Gasteiger charge is 2.34. The van der Waals surface area contributed by atoms with Crippen LogP contribution in [0.2, 0.25) is 0 Å². The van der Waals surface area contributed by atoms with Gasteiger partial charge < -0.3 is 4.90 Å². The van der Waals surface area contributed by atoms with Crippen molar-refractivity contribution in [2.45, 2.75) is 19.3 Å². The highest BCUT2D eigenvalue weighted by Crippen LogP contribution is 2.50. The molecule has 2 nitrogen and oxygen atoms in total. The van der Waals surface area contributed by atoms with E-state index in [1.54, 1.807) is 0 Å². The number of nitrogens with zero attached hydrogens (tertiary/aromatic N) is 2. The third kappa shape index (κ3) is 3.83. The molecule has 0 radical (unpaired) electrons. The minimum absolute atomic E-state index is 0.0113. The van der Waals surface area contributed by atoms with Gasteiger partial charge >= 0.3 is 0 Å². The first kappa shape index (κ1) is 24.6. The summed E-state index contributed by atoms with van der Waals surface area (Å²) in [4.78, 5) is 6.59. The molecule has 7 aromatic rings. The van der Waals surface area contributed by atoms with Gasteiger partial charge in [-0.3, -0.25) is 4.98 Å². The van der Waals surface area contributed by atoms with Gasteiger partial charge in [-0.1, -0.05) is 98.8 Å². The molecule has 1 aliphatic carbocycles. The van der Waals surface area contributed by atoms with Gasteiger partial charge in [0.15, 0.2) is 0 Å². The number of anilines is 3. The molecule has 0 atom stereocenters. The fourth-order valence-electron chi connectivity index (χ4n) is 6.74. The van der Waals surface area contributed by atoms with Crippen LogP contribution in [-0.4, -0.2) is 4.98 Å². The summed E-state index contributed by atoms with van der Waals surface area (Å²) in [7, 11) is 0. The molecule has 42 heavy (non-hydrogen) atoms. The Bertz CT molecular complexity index is 2040. The Morgan fingerprint density at radius 1 is 0.476 bits per heavy atom. The number of rotatable bonds is 5. The van der Waals surface area contributed by atoms with Crippen molar-refractivity contribution in [3.05, 3.63) is 157 Å². The monoisotopic (exact) mass is 538 g/mol. The largest absolute Gasteiger partial charge is 0.309 e. The Morgan fingerprint density at radius 3 is 1.81 bits per heavy atom. The lowest BCUT2D eigenvalue weighted by Crippen LogP contribution is -2.15. The maximum Gasteiger partial charge on any atom is 0.0644 e. The lowest BCUT2D eigenvalue weighted by molar-refractivity contribution is 0.663. The number of para-hydroxylation sites is 1. The Morgan fingerprint density at radius 2 is 1.10 bits per heavy atom. The van der Waals surface area contributed by atoms with Crippen molar-refractivity contribution in [3.63, 3.8) is 0 Å². The zero-order valence-corrected chi connectivity index (χ0v) is 23.8. The number of benzene rings is 6. The van der Waals surface area contributed by atoms with E-state index in [0.29, 0.717) is 0 Å². The quantitative estimate of drug-likeness (QED) is 0.203. The van der Waals surface area contributed by atoms with Gasteiger partial charge in [0.2, 0.25) is 0 Å². The lowest BCUT2D eigenvalue weighted by atomic mass is 9.81. The van der Waals surface area contributed by atoms with Crippen molar-refractivity contribution in [2.24, 2.45) is 0 Å². The molecular weight excluding hydrogens is 508 g/mol. The van der Waals surface area contributed by atoms with Crippen LogP contribution >= 0.6 is 0 Å². The third-order valence-electron chi connectivity index (χ3n) is 8.90. The van der Waals surface area contributed by atoms with Gasteiger partial charge in [0.25, 0.3) is 0 Å². The molecule has 2 heteroatoms. The van der Waals surface area contributed by atoms with Gasteiger partial charge in [-0.05, 0) is 103 Å². The van der Waals surface area contributed by atoms with Gasteiger partial charge in [0.05, 0.1) is 11.9 Å². The van der Waals surface area contributed by atoms with E-state index in [4.69, 9.17) is 0 Å². The minimum atomic E-state index is -0.0113. The fraction of sp³-hybridized carbons (Fsp3) is 0.0750. The van der Waals surface area contributed by atoms with Crippen LogP contribution < -0.4 is 4.90 Å². The van der Waals surface area contributed by atoms with Crippen molar-refractivity contribution < 1.29 is 0 Å². The normalized spacial score (nSPS) is 13.2. The molecule has 0 bridgehead atoms. The molecule has 0 fully saturated rings. The molecule has 0 unspecified atom stereocenters. The van der Waals surface area contributed by atoms with E-state index >= 15 is 0 Å². The van der Waals surface area contributed by atoms with E-state index in [0.717, 1.165) is 17.1 Å². The molecule has 1 aromatic heterocycles. The number of hydrogen-bond acceptors (Lipinski definition) is 2. The summed E-state index contributed by atoms with van der Waals surface area (Å²) in [5.41, 5.74) is 11.0. The smallest absolute Gasteiger partial charge is 0.0644 e. The Kier molecular flexibility index (Phi) is 5.52. The van der Waals surface area contributed by atoms with E-state index in [1.807, 2.05) is 24.5 Å². The Labute approximate surface area is 246 Å². The number of aromatic nitrogens is 1. The van der Waals surface area contributed by atoms with E-state index in [1.165, 1.54) is 54.9 Å². The molecule has 0 amide bonds. The van der Waals surface area contributed by atoms with Crippen LogP contribution in [-0.2, 0) is 5.41 Å². The van der Waals surface area contributed by atoms with Crippen molar-refractivity contribution in [1.82, 2.24) is 4.98 Å². The SMILES string of the molecule is CC1(C)c2cccc3ccc4cc(-c5ccc(-c6ccc(N(c7ccccc7)c7cccnc7)cc6)cc5)cc1c4c23. The molecule has 0 saturated heterocycles. The summed E-state index contributed by atoms with van der Waals surface area (Å²) in [6, 6.07) is 48.4. The van der Waals surface area contributed by atoms with E-state index in [9.17, 15) is 0 Å². The fourth-order valence-corrected chi connectivity index (χ4v) is 6.74. The maximum absolute atomic E-state index is 4.36.